The first-order valence-electron chi connectivity index (χ1n) is 10.7. The summed E-state index contributed by atoms with van der Waals surface area (Å²) in [6.07, 6.45) is 2.49. The van der Waals surface area contributed by atoms with Gasteiger partial charge in [0.25, 0.3) is 0 Å². The minimum absolute atomic E-state index is 0.0169. The van der Waals surface area contributed by atoms with Crippen LogP contribution in [-0.2, 0) is 10.2 Å². The molecule has 2 fully saturated rings. The third-order valence-corrected chi connectivity index (χ3v) is 8.37. The summed E-state index contributed by atoms with van der Waals surface area (Å²) in [6.45, 7) is 7.16. The highest BCUT2D eigenvalue weighted by Gasteiger charge is 2.57. The van der Waals surface area contributed by atoms with E-state index in [0.29, 0.717) is 35.3 Å². The van der Waals surface area contributed by atoms with Gasteiger partial charge in [0.1, 0.15) is 5.52 Å². The number of fused-ring (bicyclic) bond motifs is 5. The number of amides is 1. The van der Waals surface area contributed by atoms with Crippen LogP contribution in [0.4, 0.5) is 0 Å². The van der Waals surface area contributed by atoms with Crippen molar-refractivity contribution in [1.82, 2.24) is 10.3 Å². The zero-order chi connectivity index (χ0) is 21.6. The van der Waals surface area contributed by atoms with E-state index in [-0.39, 0.29) is 22.2 Å². The van der Waals surface area contributed by atoms with Crippen LogP contribution in [0.15, 0.2) is 45.6 Å². The van der Waals surface area contributed by atoms with Crippen LogP contribution in [0, 0.1) is 10.8 Å². The summed E-state index contributed by atoms with van der Waals surface area (Å²) < 4.78 is 8.20. The number of oxazole rings is 1. The van der Waals surface area contributed by atoms with Crippen molar-refractivity contribution in [3.05, 3.63) is 52.5 Å². The highest BCUT2D eigenvalue weighted by Crippen LogP contribution is 2.57. The molecule has 0 spiro atoms. The number of carbonyl (C=O) groups excluding carboxylic acids is 1. The number of aromatic nitrogens is 1. The maximum atomic E-state index is 13.1. The van der Waals surface area contributed by atoms with Gasteiger partial charge in [-0.1, -0.05) is 32.9 Å². The van der Waals surface area contributed by atoms with Gasteiger partial charge in [-0.25, -0.2) is 4.98 Å². The van der Waals surface area contributed by atoms with Crippen LogP contribution >= 0.6 is 11.3 Å². The standard InChI is InChI=1S/C25H24N2O3S/c1-23-10-24(2,21(29)26-13-23)12-25(3,11-23)22-27-16-8-15-19(9-17(16)30-22)31-18-7-5-4-6-14(18)20(15)28/h4-9H,10-13H2,1-3H3,(H,26,29)/t23-,24-,25-/m0/s1. The van der Waals surface area contributed by atoms with Gasteiger partial charge in [0, 0.05) is 43.6 Å². The molecule has 2 aromatic heterocycles. The highest BCUT2D eigenvalue weighted by molar-refractivity contribution is 7.24. The second-order valence-corrected chi connectivity index (χ2v) is 11.5. The third kappa shape index (κ3) is 2.70. The van der Waals surface area contributed by atoms with Gasteiger partial charge >= 0.3 is 0 Å². The van der Waals surface area contributed by atoms with Crippen molar-refractivity contribution in [2.75, 3.05) is 6.54 Å². The van der Waals surface area contributed by atoms with Gasteiger partial charge in [-0.15, -0.1) is 11.3 Å². The van der Waals surface area contributed by atoms with Crippen LogP contribution < -0.4 is 10.7 Å². The molecule has 3 heterocycles. The number of nitrogens with zero attached hydrogens (tertiary/aromatic N) is 1. The van der Waals surface area contributed by atoms with Gasteiger partial charge in [0.15, 0.2) is 11.0 Å². The SMILES string of the molecule is C[C@]12CNC(=O)[C@@](C)(C1)C[C@@](C)(c1nc3cc4c(=O)c5ccccc5sc4cc3o1)C2. The van der Waals surface area contributed by atoms with E-state index < -0.39 is 5.41 Å². The van der Waals surface area contributed by atoms with Crippen molar-refractivity contribution in [2.45, 2.75) is 45.4 Å². The van der Waals surface area contributed by atoms with Crippen LogP contribution in [-0.4, -0.2) is 17.4 Å². The monoisotopic (exact) mass is 432 g/mol. The normalized spacial score (nSPS) is 30.7. The molecule has 2 bridgehead atoms. The smallest absolute Gasteiger partial charge is 0.226 e. The summed E-state index contributed by atoms with van der Waals surface area (Å²) in [5, 5.41) is 4.52. The van der Waals surface area contributed by atoms with Gasteiger partial charge in [-0.3, -0.25) is 9.59 Å². The Morgan fingerprint density at radius 2 is 1.74 bits per heavy atom. The number of hydrogen-bond donors (Lipinski definition) is 1. The summed E-state index contributed by atoms with van der Waals surface area (Å²) in [5.74, 6) is 0.800. The van der Waals surface area contributed by atoms with Gasteiger partial charge in [0.2, 0.25) is 11.8 Å². The number of hydrogen-bond acceptors (Lipinski definition) is 5. The zero-order valence-corrected chi connectivity index (χ0v) is 18.7. The lowest BCUT2D eigenvalue weighted by Crippen LogP contribution is -2.59. The molecule has 2 aromatic carbocycles. The molecule has 1 amide bonds. The van der Waals surface area contributed by atoms with E-state index in [9.17, 15) is 9.59 Å². The Hall–Kier alpha value is -2.73. The second kappa shape index (κ2) is 5.94. The van der Waals surface area contributed by atoms with Crippen molar-refractivity contribution in [2.24, 2.45) is 10.8 Å². The lowest BCUT2D eigenvalue weighted by Gasteiger charge is -2.54. The van der Waals surface area contributed by atoms with Gasteiger partial charge in [-0.2, -0.15) is 0 Å². The Morgan fingerprint density at radius 3 is 2.58 bits per heavy atom. The Labute approximate surface area is 183 Å². The van der Waals surface area contributed by atoms with Crippen molar-refractivity contribution in [1.29, 1.82) is 0 Å². The summed E-state index contributed by atoms with van der Waals surface area (Å²) in [7, 11) is 0. The van der Waals surface area contributed by atoms with E-state index in [0.717, 1.165) is 27.6 Å². The quantitative estimate of drug-likeness (QED) is 0.423. The third-order valence-electron chi connectivity index (χ3n) is 7.24. The van der Waals surface area contributed by atoms with Crippen molar-refractivity contribution in [3.8, 4) is 0 Å². The Morgan fingerprint density at radius 1 is 0.968 bits per heavy atom. The Kier molecular flexibility index (Phi) is 3.64. The molecule has 2 aliphatic rings. The van der Waals surface area contributed by atoms with Gasteiger partial charge in [0.05, 0.1) is 0 Å². The molecule has 1 N–H and O–H groups in total. The van der Waals surface area contributed by atoms with Crippen molar-refractivity contribution in [3.63, 3.8) is 0 Å². The predicted molar refractivity (Wildman–Crippen MR) is 124 cm³/mol. The molecule has 6 rings (SSSR count). The van der Waals surface area contributed by atoms with E-state index in [1.165, 1.54) is 0 Å². The first-order chi connectivity index (χ1) is 14.7. The Balaban J connectivity index is 1.53. The van der Waals surface area contributed by atoms with E-state index in [1.807, 2.05) is 36.4 Å². The fraction of sp³-hybridized carbons (Fsp3) is 0.400. The molecule has 1 saturated heterocycles. The fourth-order valence-corrected chi connectivity index (χ4v) is 7.44. The van der Waals surface area contributed by atoms with Crippen LogP contribution in [0.3, 0.4) is 0 Å². The lowest BCUT2D eigenvalue weighted by molar-refractivity contribution is -0.143. The van der Waals surface area contributed by atoms with E-state index in [4.69, 9.17) is 9.40 Å². The minimum Gasteiger partial charge on any atom is -0.440 e. The van der Waals surface area contributed by atoms with Crippen molar-refractivity contribution >= 4 is 48.5 Å². The molecular weight excluding hydrogens is 408 g/mol. The molecule has 1 aliphatic carbocycles. The highest BCUT2D eigenvalue weighted by atomic mass is 32.1. The molecule has 4 aromatic rings. The number of rotatable bonds is 1. The number of nitrogens with one attached hydrogen (secondary N) is 1. The van der Waals surface area contributed by atoms with Crippen LogP contribution in [0.1, 0.15) is 45.9 Å². The average Bonchev–Trinajstić information content (AvgIpc) is 3.13. The van der Waals surface area contributed by atoms with Crippen molar-refractivity contribution < 1.29 is 9.21 Å². The zero-order valence-electron chi connectivity index (χ0n) is 17.9. The fourth-order valence-electron chi connectivity index (χ4n) is 6.36. The number of benzene rings is 2. The second-order valence-electron chi connectivity index (χ2n) is 10.4. The summed E-state index contributed by atoms with van der Waals surface area (Å²) in [4.78, 5) is 30.6. The Bertz CT molecular complexity index is 1470. The molecule has 158 valence electrons. The van der Waals surface area contributed by atoms with Crippen LogP contribution in [0.25, 0.3) is 31.3 Å². The van der Waals surface area contributed by atoms with Crippen LogP contribution in [0.2, 0.25) is 0 Å². The molecule has 0 unspecified atom stereocenters. The first-order valence-corrected chi connectivity index (χ1v) is 11.5. The van der Waals surface area contributed by atoms with E-state index >= 15 is 0 Å². The first kappa shape index (κ1) is 19.0. The maximum Gasteiger partial charge on any atom is 0.226 e. The lowest BCUT2D eigenvalue weighted by atomic mass is 9.52. The molecular formula is C25H24N2O3S. The summed E-state index contributed by atoms with van der Waals surface area (Å²) in [6, 6.07) is 11.5. The van der Waals surface area contributed by atoms with E-state index in [2.05, 4.69) is 26.1 Å². The van der Waals surface area contributed by atoms with Gasteiger partial charge < -0.3 is 9.73 Å². The number of piperidine rings is 1. The minimum atomic E-state index is -0.423. The van der Waals surface area contributed by atoms with E-state index in [1.54, 1.807) is 11.3 Å². The summed E-state index contributed by atoms with van der Waals surface area (Å²) >= 11 is 1.60. The molecule has 31 heavy (non-hydrogen) atoms. The molecule has 6 heteroatoms. The molecule has 3 atom stereocenters. The molecule has 0 radical (unpaired) electrons. The predicted octanol–water partition coefficient (Wildman–Crippen LogP) is 5.14. The molecule has 1 saturated carbocycles. The summed E-state index contributed by atoms with van der Waals surface area (Å²) in [5.41, 5.74) is 0.699. The largest absolute Gasteiger partial charge is 0.440 e. The molecule has 5 nitrogen and oxygen atoms in total. The molecule has 1 aliphatic heterocycles. The van der Waals surface area contributed by atoms with Crippen LogP contribution in [0.5, 0.6) is 0 Å². The van der Waals surface area contributed by atoms with Gasteiger partial charge in [-0.05, 0) is 42.9 Å². The number of carbonyl (C=O) groups is 1. The topological polar surface area (TPSA) is 72.2 Å². The average molecular weight is 433 g/mol. The maximum absolute atomic E-state index is 13.1.